The summed E-state index contributed by atoms with van der Waals surface area (Å²) in [5, 5.41) is 14.4. The van der Waals surface area contributed by atoms with Crippen molar-refractivity contribution in [2.24, 2.45) is 11.8 Å². The number of nitrogens with zero attached hydrogens (tertiary/aromatic N) is 1. The normalized spacial score (nSPS) is 23.0. The molecule has 1 aliphatic rings. The van der Waals surface area contributed by atoms with Gasteiger partial charge in [0, 0.05) is 24.7 Å². The van der Waals surface area contributed by atoms with Crippen LogP contribution < -0.4 is 5.32 Å². The lowest BCUT2D eigenvalue weighted by molar-refractivity contribution is -0.384. The zero-order valence-electron chi connectivity index (χ0n) is 13.0. The minimum absolute atomic E-state index is 0.176. The van der Waals surface area contributed by atoms with E-state index in [0.717, 1.165) is 23.9 Å². The minimum atomic E-state index is -0.331. The van der Waals surface area contributed by atoms with E-state index >= 15 is 0 Å². The van der Waals surface area contributed by atoms with Crippen molar-refractivity contribution in [3.8, 4) is 0 Å². The van der Waals surface area contributed by atoms with Crippen LogP contribution in [0.25, 0.3) is 0 Å². The lowest BCUT2D eigenvalue weighted by Crippen LogP contribution is -2.28. The SMILES string of the molecule is CC(C)C1CCCC(NCc2cccc([N+](=O)[O-])c2)CC1. The monoisotopic (exact) mass is 290 g/mol. The van der Waals surface area contributed by atoms with Gasteiger partial charge in [-0.15, -0.1) is 0 Å². The van der Waals surface area contributed by atoms with E-state index in [-0.39, 0.29) is 10.6 Å². The van der Waals surface area contributed by atoms with E-state index in [4.69, 9.17) is 0 Å². The van der Waals surface area contributed by atoms with Gasteiger partial charge in [-0.1, -0.05) is 38.8 Å². The van der Waals surface area contributed by atoms with Crippen molar-refractivity contribution >= 4 is 5.69 Å². The predicted molar refractivity (Wildman–Crippen MR) is 85.1 cm³/mol. The van der Waals surface area contributed by atoms with Crippen LogP contribution >= 0.6 is 0 Å². The molecule has 0 saturated heterocycles. The molecule has 1 N–H and O–H groups in total. The molecule has 116 valence electrons. The molecule has 2 rings (SSSR count). The first-order chi connectivity index (χ1) is 10.1. The molecule has 1 saturated carbocycles. The van der Waals surface area contributed by atoms with Crippen LogP contribution in [0.4, 0.5) is 5.69 Å². The first-order valence-electron chi connectivity index (χ1n) is 8.03. The number of nitro benzene ring substituents is 1. The molecule has 1 fully saturated rings. The van der Waals surface area contributed by atoms with E-state index in [0.29, 0.717) is 6.04 Å². The molecule has 0 radical (unpaired) electrons. The van der Waals surface area contributed by atoms with Gasteiger partial charge in [0.1, 0.15) is 0 Å². The van der Waals surface area contributed by atoms with Crippen molar-refractivity contribution in [2.75, 3.05) is 0 Å². The fraction of sp³-hybridized carbons (Fsp3) is 0.647. The number of benzene rings is 1. The third-order valence-corrected chi connectivity index (χ3v) is 4.67. The second-order valence-electron chi connectivity index (χ2n) is 6.52. The highest BCUT2D eigenvalue weighted by Crippen LogP contribution is 2.29. The number of nitrogens with one attached hydrogen (secondary N) is 1. The highest BCUT2D eigenvalue weighted by molar-refractivity contribution is 5.34. The smallest absolute Gasteiger partial charge is 0.269 e. The van der Waals surface area contributed by atoms with Crippen molar-refractivity contribution < 1.29 is 4.92 Å². The average Bonchev–Trinajstić information content (AvgIpc) is 2.71. The first-order valence-corrected chi connectivity index (χ1v) is 8.03. The van der Waals surface area contributed by atoms with E-state index in [1.54, 1.807) is 18.2 Å². The summed E-state index contributed by atoms with van der Waals surface area (Å²) in [6, 6.07) is 7.47. The van der Waals surface area contributed by atoms with Gasteiger partial charge in [-0.25, -0.2) is 0 Å². The lowest BCUT2D eigenvalue weighted by Gasteiger charge is -2.19. The van der Waals surface area contributed by atoms with Crippen LogP contribution in [0.1, 0.15) is 51.5 Å². The maximum atomic E-state index is 10.8. The van der Waals surface area contributed by atoms with Crippen molar-refractivity contribution in [1.82, 2.24) is 5.32 Å². The maximum absolute atomic E-state index is 10.8. The Hall–Kier alpha value is -1.42. The Labute approximate surface area is 127 Å². The third kappa shape index (κ3) is 4.81. The molecule has 0 aromatic heterocycles. The first kappa shape index (κ1) is 16.0. The molecule has 1 aliphatic carbocycles. The van der Waals surface area contributed by atoms with Crippen LogP contribution in [-0.4, -0.2) is 11.0 Å². The van der Waals surface area contributed by atoms with Crippen molar-refractivity contribution in [1.29, 1.82) is 0 Å². The van der Waals surface area contributed by atoms with Gasteiger partial charge in [0.15, 0.2) is 0 Å². The Bertz CT molecular complexity index is 474. The van der Waals surface area contributed by atoms with Gasteiger partial charge in [-0.2, -0.15) is 0 Å². The van der Waals surface area contributed by atoms with Crippen LogP contribution in [0.5, 0.6) is 0 Å². The molecule has 4 nitrogen and oxygen atoms in total. The molecular weight excluding hydrogens is 264 g/mol. The molecule has 0 aliphatic heterocycles. The molecule has 2 atom stereocenters. The third-order valence-electron chi connectivity index (χ3n) is 4.67. The summed E-state index contributed by atoms with van der Waals surface area (Å²) in [7, 11) is 0. The van der Waals surface area contributed by atoms with Crippen LogP contribution in [0.3, 0.4) is 0 Å². The van der Waals surface area contributed by atoms with Gasteiger partial charge in [0.05, 0.1) is 4.92 Å². The molecule has 4 heteroatoms. The maximum Gasteiger partial charge on any atom is 0.269 e. The summed E-state index contributed by atoms with van der Waals surface area (Å²) >= 11 is 0. The number of nitro groups is 1. The summed E-state index contributed by atoms with van der Waals surface area (Å²) < 4.78 is 0. The number of hydrogen-bond donors (Lipinski definition) is 1. The Morgan fingerprint density at radius 3 is 2.81 bits per heavy atom. The van der Waals surface area contributed by atoms with Gasteiger partial charge in [0.25, 0.3) is 5.69 Å². The van der Waals surface area contributed by atoms with Gasteiger partial charge < -0.3 is 5.32 Å². The number of hydrogen-bond acceptors (Lipinski definition) is 3. The highest BCUT2D eigenvalue weighted by Gasteiger charge is 2.20. The highest BCUT2D eigenvalue weighted by atomic mass is 16.6. The summed E-state index contributed by atoms with van der Waals surface area (Å²) in [5.41, 5.74) is 1.17. The molecule has 2 unspecified atom stereocenters. The number of non-ortho nitro benzene ring substituents is 1. The van der Waals surface area contributed by atoms with Crippen LogP contribution in [0.15, 0.2) is 24.3 Å². The molecule has 21 heavy (non-hydrogen) atoms. The molecule has 1 aromatic carbocycles. The zero-order valence-corrected chi connectivity index (χ0v) is 13.0. The zero-order chi connectivity index (χ0) is 15.2. The summed E-state index contributed by atoms with van der Waals surface area (Å²) in [4.78, 5) is 10.5. The standard InChI is InChI=1S/C17H26N2O2/c1-13(2)15-6-4-7-16(10-9-15)18-12-14-5-3-8-17(11-14)19(20)21/h3,5,8,11,13,15-16,18H,4,6-7,9-10,12H2,1-2H3. The van der Waals surface area contributed by atoms with Crippen molar-refractivity contribution in [3.63, 3.8) is 0 Å². The quantitative estimate of drug-likeness (QED) is 0.500. The minimum Gasteiger partial charge on any atom is -0.310 e. The molecular formula is C17H26N2O2. The van der Waals surface area contributed by atoms with Crippen LogP contribution in [0.2, 0.25) is 0 Å². The number of rotatable bonds is 5. The fourth-order valence-electron chi connectivity index (χ4n) is 3.24. The Kier molecular flexibility index (Phi) is 5.74. The fourth-order valence-corrected chi connectivity index (χ4v) is 3.24. The molecule has 0 spiro atoms. The average molecular weight is 290 g/mol. The Morgan fingerprint density at radius 1 is 1.29 bits per heavy atom. The summed E-state index contributed by atoms with van der Waals surface area (Å²) in [6.07, 6.45) is 6.36. The summed E-state index contributed by atoms with van der Waals surface area (Å²) in [5.74, 6) is 1.63. The van der Waals surface area contributed by atoms with E-state index in [2.05, 4.69) is 19.2 Å². The van der Waals surface area contributed by atoms with Crippen LogP contribution in [-0.2, 0) is 6.54 Å². The second kappa shape index (κ2) is 7.55. The summed E-state index contributed by atoms with van der Waals surface area (Å²) in [6.45, 7) is 5.36. The van der Waals surface area contributed by atoms with E-state index in [1.807, 2.05) is 6.07 Å². The Balaban J connectivity index is 1.85. The predicted octanol–water partition coefficient (Wildman–Crippen LogP) is 4.29. The molecule has 0 heterocycles. The largest absolute Gasteiger partial charge is 0.310 e. The van der Waals surface area contributed by atoms with Gasteiger partial charge in [0.2, 0.25) is 0 Å². The molecule has 1 aromatic rings. The van der Waals surface area contributed by atoms with Crippen LogP contribution in [0, 0.1) is 22.0 Å². The molecule has 0 bridgehead atoms. The van der Waals surface area contributed by atoms with Gasteiger partial charge in [-0.3, -0.25) is 10.1 Å². The molecule has 0 amide bonds. The van der Waals surface area contributed by atoms with Crippen molar-refractivity contribution in [3.05, 3.63) is 39.9 Å². The second-order valence-corrected chi connectivity index (χ2v) is 6.52. The Morgan fingerprint density at radius 2 is 2.10 bits per heavy atom. The van der Waals surface area contributed by atoms with E-state index in [9.17, 15) is 10.1 Å². The van der Waals surface area contributed by atoms with Crippen molar-refractivity contribution in [2.45, 2.75) is 58.5 Å². The van der Waals surface area contributed by atoms with E-state index < -0.39 is 0 Å². The topological polar surface area (TPSA) is 55.2 Å². The van der Waals surface area contributed by atoms with Gasteiger partial charge in [-0.05, 0) is 36.7 Å². The van der Waals surface area contributed by atoms with Gasteiger partial charge >= 0.3 is 0 Å². The lowest BCUT2D eigenvalue weighted by atomic mass is 9.89. The van der Waals surface area contributed by atoms with E-state index in [1.165, 1.54) is 32.1 Å².